The van der Waals surface area contributed by atoms with Crippen molar-refractivity contribution < 1.29 is 4.74 Å². The zero-order valence-corrected chi connectivity index (χ0v) is 18.0. The fourth-order valence-corrected chi connectivity index (χ4v) is 5.00. The highest BCUT2D eigenvalue weighted by Crippen LogP contribution is 2.41. The van der Waals surface area contributed by atoms with Gasteiger partial charge in [-0.25, -0.2) is 0 Å². The normalized spacial score (nSPS) is 15.3. The van der Waals surface area contributed by atoms with Gasteiger partial charge in [0, 0.05) is 17.0 Å². The van der Waals surface area contributed by atoms with Crippen molar-refractivity contribution in [3.8, 4) is 17.1 Å². The summed E-state index contributed by atoms with van der Waals surface area (Å²) >= 11 is 6.80. The Balaban J connectivity index is 1.67. The molecular weight excluding hydrogens is 444 g/mol. The second-order valence-electron chi connectivity index (χ2n) is 6.13. The van der Waals surface area contributed by atoms with Crippen LogP contribution in [0.2, 0.25) is 0 Å². The maximum atomic E-state index is 6.26. The Morgan fingerprint density at radius 1 is 1.19 bits per heavy atom. The van der Waals surface area contributed by atoms with Crippen LogP contribution in [-0.4, -0.2) is 20.9 Å². The van der Waals surface area contributed by atoms with Gasteiger partial charge in [-0.05, 0) is 40.5 Å². The van der Waals surface area contributed by atoms with Crippen LogP contribution in [0.15, 0.2) is 45.3 Å². The number of nitrogens with zero attached hydrogens (tertiary/aromatic N) is 3. The molecule has 140 valence electrons. The first-order chi connectivity index (χ1) is 13.2. The van der Waals surface area contributed by atoms with E-state index in [2.05, 4.69) is 49.4 Å². The highest BCUT2D eigenvalue weighted by atomic mass is 79.9. The summed E-state index contributed by atoms with van der Waals surface area (Å²) in [6, 6.07) is 12.1. The number of para-hydroxylation sites is 1. The lowest BCUT2D eigenvalue weighted by molar-refractivity contribution is 0.229. The standard InChI is InChI=1S/C19H19BrN4OS2/c1-2-3-6-11-26-19-22-18-16(23-24-19)12-7-4-5-8-13(12)21-17(25-18)14-9-10-15(20)27-14/h4-5,7-10,17,21H,2-3,6,11H2,1H3/t17-/m0/s1. The van der Waals surface area contributed by atoms with E-state index in [1.807, 2.05) is 30.3 Å². The SMILES string of the molecule is CCCCCSc1nnc2c(n1)O[C@@H](c1ccc(Br)s1)Nc1ccccc1-2. The molecule has 1 atom stereocenters. The van der Waals surface area contributed by atoms with Crippen molar-refractivity contribution >= 4 is 44.7 Å². The van der Waals surface area contributed by atoms with Crippen LogP contribution in [0.5, 0.6) is 5.88 Å². The van der Waals surface area contributed by atoms with Crippen LogP contribution in [0.3, 0.4) is 0 Å². The number of unbranched alkanes of at least 4 members (excludes halogenated alkanes) is 2. The smallest absolute Gasteiger partial charge is 0.247 e. The first kappa shape index (κ1) is 18.7. The molecule has 5 nitrogen and oxygen atoms in total. The van der Waals surface area contributed by atoms with Crippen LogP contribution in [0, 0.1) is 0 Å². The molecule has 3 aromatic rings. The first-order valence-corrected chi connectivity index (χ1v) is 11.5. The molecule has 1 N–H and O–H groups in total. The third-order valence-corrected chi connectivity index (χ3v) is 6.76. The maximum Gasteiger partial charge on any atom is 0.247 e. The summed E-state index contributed by atoms with van der Waals surface area (Å²) in [7, 11) is 0. The molecule has 1 aliphatic rings. The first-order valence-electron chi connectivity index (χ1n) is 8.90. The van der Waals surface area contributed by atoms with E-state index in [-0.39, 0.29) is 6.23 Å². The van der Waals surface area contributed by atoms with Crippen LogP contribution >= 0.6 is 39.0 Å². The molecule has 4 rings (SSSR count). The predicted octanol–water partition coefficient (Wildman–Crippen LogP) is 6.15. The van der Waals surface area contributed by atoms with Gasteiger partial charge in [0.2, 0.25) is 17.3 Å². The summed E-state index contributed by atoms with van der Waals surface area (Å²) in [5.74, 6) is 1.51. The fraction of sp³-hybridized carbons (Fsp3) is 0.316. The van der Waals surface area contributed by atoms with Crippen LogP contribution in [0.1, 0.15) is 37.3 Å². The number of hydrogen-bond donors (Lipinski definition) is 1. The molecule has 8 heteroatoms. The van der Waals surface area contributed by atoms with Gasteiger partial charge in [0.1, 0.15) is 0 Å². The summed E-state index contributed by atoms with van der Waals surface area (Å²) < 4.78 is 7.32. The van der Waals surface area contributed by atoms with Crippen LogP contribution in [0.4, 0.5) is 5.69 Å². The summed E-state index contributed by atoms with van der Waals surface area (Å²) in [5, 5.41) is 12.9. The number of halogens is 1. The van der Waals surface area contributed by atoms with Crippen molar-refractivity contribution in [1.29, 1.82) is 0 Å². The van der Waals surface area contributed by atoms with Crippen LogP contribution in [-0.2, 0) is 0 Å². The number of aromatic nitrogens is 3. The molecule has 0 fully saturated rings. The number of rotatable bonds is 6. The van der Waals surface area contributed by atoms with Gasteiger partial charge in [0.05, 0.1) is 8.66 Å². The second-order valence-corrected chi connectivity index (χ2v) is 9.69. The van der Waals surface area contributed by atoms with Gasteiger partial charge in [0.25, 0.3) is 0 Å². The number of hydrogen-bond acceptors (Lipinski definition) is 7. The van der Waals surface area contributed by atoms with E-state index in [0.717, 1.165) is 32.1 Å². The van der Waals surface area contributed by atoms with Gasteiger partial charge >= 0.3 is 0 Å². The molecule has 3 heterocycles. The monoisotopic (exact) mass is 462 g/mol. The van der Waals surface area contributed by atoms with Gasteiger partial charge in [-0.15, -0.1) is 21.5 Å². The van der Waals surface area contributed by atoms with Gasteiger partial charge < -0.3 is 10.1 Å². The molecule has 0 bridgehead atoms. The van der Waals surface area contributed by atoms with E-state index < -0.39 is 0 Å². The third kappa shape index (κ3) is 4.28. The van der Waals surface area contributed by atoms with Gasteiger partial charge in [-0.3, -0.25) is 0 Å². The van der Waals surface area contributed by atoms with E-state index >= 15 is 0 Å². The Labute approximate surface area is 175 Å². The topological polar surface area (TPSA) is 59.9 Å². The number of thiophene rings is 1. The lowest BCUT2D eigenvalue weighted by atomic mass is 10.1. The molecule has 2 aromatic heterocycles. The number of ether oxygens (including phenoxy) is 1. The van der Waals surface area contributed by atoms with Crippen molar-refractivity contribution in [2.75, 3.05) is 11.1 Å². The van der Waals surface area contributed by atoms with Gasteiger partial charge in [-0.1, -0.05) is 49.7 Å². The number of nitrogens with one attached hydrogen (secondary N) is 1. The van der Waals surface area contributed by atoms with E-state index in [1.54, 1.807) is 23.1 Å². The third-order valence-electron chi connectivity index (χ3n) is 4.17. The molecule has 0 spiro atoms. The van der Waals surface area contributed by atoms with E-state index in [1.165, 1.54) is 12.8 Å². The molecule has 1 aromatic carbocycles. The van der Waals surface area contributed by atoms with Crippen molar-refractivity contribution in [2.45, 2.75) is 37.6 Å². The lowest BCUT2D eigenvalue weighted by Gasteiger charge is -2.17. The molecule has 0 saturated carbocycles. The van der Waals surface area contributed by atoms with Crippen molar-refractivity contribution in [3.05, 3.63) is 45.1 Å². The Morgan fingerprint density at radius 3 is 2.89 bits per heavy atom. The largest absolute Gasteiger partial charge is 0.447 e. The molecule has 0 amide bonds. The summed E-state index contributed by atoms with van der Waals surface area (Å²) in [6.07, 6.45) is 3.25. The summed E-state index contributed by atoms with van der Waals surface area (Å²) in [5.41, 5.74) is 2.59. The number of fused-ring (bicyclic) bond motifs is 3. The molecule has 0 radical (unpaired) electrons. The highest BCUT2D eigenvalue weighted by molar-refractivity contribution is 9.11. The second kappa shape index (κ2) is 8.58. The Hall–Kier alpha value is -1.64. The zero-order chi connectivity index (χ0) is 18.6. The minimum atomic E-state index is -0.321. The van der Waals surface area contributed by atoms with E-state index in [9.17, 15) is 0 Å². The molecule has 1 aliphatic heterocycles. The minimum absolute atomic E-state index is 0.321. The molecule has 0 aliphatic carbocycles. The molecular formula is C19H19BrN4OS2. The van der Waals surface area contributed by atoms with E-state index in [0.29, 0.717) is 16.7 Å². The molecule has 0 saturated heterocycles. The van der Waals surface area contributed by atoms with Crippen LogP contribution in [0.25, 0.3) is 11.3 Å². The van der Waals surface area contributed by atoms with Crippen molar-refractivity contribution in [1.82, 2.24) is 15.2 Å². The fourth-order valence-electron chi connectivity index (χ4n) is 2.82. The average molecular weight is 463 g/mol. The maximum absolute atomic E-state index is 6.26. The molecule has 27 heavy (non-hydrogen) atoms. The highest BCUT2D eigenvalue weighted by Gasteiger charge is 2.26. The zero-order valence-electron chi connectivity index (χ0n) is 14.8. The quantitative estimate of drug-likeness (QED) is 0.350. The average Bonchev–Trinajstić information content (AvgIpc) is 3.04. The lowest BCUT2D eigenvalue weighted by Crippen LogP contribution is -2.15. The Bertz CT molecular complexity index is 934. The predicted molar refractivity (Wildman–Crippen MR) is 115 cm³/mol. The minimum Gasteiger partial charge on any atom is -0.447 e. The van der Waals surface area contributed by atoms with Crippen molar-refractivity contribution in [2.24, 2.45) is 0 Å². The Kier molecular flexibility index (Phi) is 5.95. The van der Waals surface area contributed by atoms with E-state index in [4.69, 9.17) is 4.74 Å². The summed E-state index contributed by atoms with van der Waals surface area (Å²) in [6.45, 7) is 2.20. The number of anilines is 1. The Morgan fingerprint density at radius 2 is 2.07 bits per heavy atom. The van der Waals surface area contributed by atoms with Crippen molar-refractivity contribution in [3.63, 3.8) is 0 Å². The summed E-state index contributed by atoms with van der Waals surface area (Å²) in [4.78, 5) is 5.74. The van der Waals surface area contributed by atoms with Crippen LogP contribution < -0.4 is 10.1 Å². The van der Waals surface area contributed by atoms with Gasteiger partial charge in [-0.2, -0.15) is 4.98 Å². The molecule has 0 unspecified atom stereocenters. The van der Waals surface area contributed by atoms with Gasteiger partial charge in [0.15, 0.2) is 5.69 Å². The number of thioether (sulfide) groups is 1. The number of benzene rings is 1.